The van der Waals surface area contributed by atoms with Crippen LogP contribution in [0, 0.1) is 10.1 Å². The first-order chi connectivity index (χ1) is 19.4. The zero-order valence-corrected chi connectivity index (χ0v) is 24.8. The number of rotatable bonds is 7. The number of aromatic nitrogens is 1. The lowest BCUT2D eigenvalue weighted by Gasteiger charge is -2.43. The van der Waals surface area contributed by atoms with Crippen LogP contribution < -0.4 is 0 Å². The van der Waals surface area contributed by atoms with Gasteiger partial charge < -0.3 is 4.90 Å². The van der Waals surface area contributed by atoms with Crippen molar-refractivity contribution in [1.29, 1.82) is 0 Å². The van der Waals surface area contributed by atoms with Crippen molar-refractivity contribution >= 4 is 53.1 Å². The fourth-order valence-corrected chi connectivity index (χ4v) is 5.50. The molecule has 1 saturated heterocycles. The van der Waals surface area contributed by atoms with E-state index in [9.17, 15) is 19.7 Å². The Morgan fingerprint density at radius 2 is 1.73 bits per heavy atom. The van der Waals surface area contributed by atoms with Crippen LogP contribution in [0.3, 0.4) is 0 Å². The van der Waals surface area contributed by atoms with E-state index in [0.29, 0.717) is 22.3 Å². The quantitative estimate of drug-likeness (QED) is 0.146. The van der Waals surface area contributed by atoms with E-state index in [2.05, 4.69) is 10.1 Å². The molecule has 0 bridgehead atoms. The number of pyridine rings is 1. The Kier molecular flexibility index (Phi) is 9.36. The number of halogens is 2. The minimum Gasteiger partial charge on any atom is -0.331 e. The third-order valence-corrected chi connectivity index (χ3v) is 7.35. The highest BCUT2D eigenvalue weighted by molar-refractivity contribution is 7.95. The third-order valence-electron chi connectivity index (χ3n) is 5.86. The van der Waals surface area contributed by atoms with Gasteiger partial charge in [-0.05, 0) is 62.7 Å². The van der Waals surface area contributed by atoms with Gasteiger partial charge in [-0.15, -0.1) is 0 Å². The smallest absolute Gasteiger partial charge is 0.285 e. The molecule has 0 unspecified atom stereocenters. The van der Waals surface area contributed by atoms with E-state index >= 15 is 0 Å². The van der Waals surface area contributed by atoms with Crippen LogP contribution in [-0.2, 0) is 6.54 Å². The SMILES string of the molecule is CC(C)(C)N(C(=O)c1cccc(Cl)c1)N(SN1CCN(Cc2ccc(Cl)nc2)/C1=N/[N+](=O)[O-])C(=O)c1ccccc1. The molecule has 41 heavy (non-hydrogen) atoms. The fraction of sp³-hybridized carbons (Fsp3) is 0.259. The first-order valence-corrected chi connectivity index (χ1v) is 14.0. The summed E-state index contributed by atoms with van der Waals surface area (Å²) in [5.41, 5.74) is 0.466. The van der Waals surface area contributed by atoms with E-state index in [1.165, 1.54) is 19.8 Å². The number of hydrogen-bond acceptors (Lipinski definition) is 6. The second kappa shape index (κ2) is 12.8. The molecule has 4 rings (SSSR count). The Morgan fingerprint density at radius 3 is 2.34 bits per heavy atom. The average Bonchev–Trinajstić information content (AvgIpc) is 3.28. The molecule has 0 N–H and O–H groups in total. The number of hydrazine groups is 1. The predicted molar refractivity (Wildman–Crippen MR) is 158 cm³/mol. The molecule has 0 aliphatic carbocycles. The van der Waals surface area contributed by atoms with E-state index in [-0.39, 0.29) is 24.6 Å². The second-order valence-electron chi connectivity index (χ2n) is 9.97. The normalized spacial score (nSPS) is 14.3. The lowest BCUT2D eigenvalue weighted by atomic mass is 10.1. The fourth-order valence-electron chi connectivity index (χ4n) is 4.06. The van der Waals surface area contributed by atoms with E-state index in [4.69, 9.17) is 23.2 Å². The largest absolute Gasteiger partial charge is 0.331 e. The van der Waals surface area contributed by atoms with Gasteiger partial charge >= 0.3 is 0 Å². The van der Waals surface area contributed by atoms with Crippen molar-refractivity contribution in [2.45, 2.75) is 32.9 Å². The van der Waals surface area contributed by atoms with Crippen molar-refractivity contribution in [3.05, 3.63) is 110 Å². The summed E-state index contributed by atoms with van der Waals surface area (Å²) in [5.74, 6) is -0.959. The molecule has 1 fully saturated rings. The summed E-state index contributed by atoms with van der Waals surface area (Å²) in [5, 5.41) is 16.4. The van der Waals surface area contributed by atoms with E-state index in [0.717, 1.165) is 17.7 Å². The van der Waals surface area contributed by atoms with Crippen molar-refractivity contribution in [3.8, 4) is 0 Å². The van der Waals surface area contributed by atoms with Crippen molar-refractivity contribution in [2.24, 2.45) is 5.10 Å². The van der Waals surface area contributed by atoms with Gasteiger partial charge in [-0.3, -0.25) is 13.9 Å². The molecule has 14 heteroatoms. The molecular weight excluding hydrogens is 589 g/mol. The number of amides is 2. The number of hydrogen-bond donors (Lipinski definition) is 0. The topological polar surface area (TPSA) is 115 Å². The molecule has 0 atom stereocenters. The zero-order valence-electron chi connectivity index (χ0n) is 22.5. The maximum Gasteiger partial charge on any atom is 0.285 e. The van der Waals surface area contributed by atoms with Gasteiger partial charge in [-0.1, -0.05) is 53.5 Å². The third kappa shape index (κ3) is 7.46. The van der Waals surface area contributed by atoms with Gasteiger partial charge in [-0.25, -0.2) is 20.1 Å². The molecule has 1 aliphatic heterocycles. The summed E-state index contributed by atoms with van der Waals surface area (Å²) in [6.45, 7) is 6.28. The number of hydrazone groups is 1. The van der Waals surface area contributed by atoms with Crippen LogP contribution >= 0.6 is 35.3 Å². The maximum atomic E-state index is 14.0. The highest BCUT2D eigenvalue weighted by Crippen LogP contribution is 2.32. The average molecular weight is 617 g/mol. The van der Waals surface area contributed by atoms with E-state index in [1.807, 2.05) is 0 Å². The summed E-state index contributed by atoms with van der Waals surface area (Å²) in [4.78, 5) is 45.3. The lowest BCUT2D eigenvalue weighted by molar-refractivity contribution is -0.486. The number of benzene rings is 2. The number of nitro groups is 1. The molecule has 0 saturated carbocycles. The molecule has 1 aromatic heterocycles. The van der Waals surface area contributed by atoms with Crippen LogP contribution in [0.4, 0.5) is 0 Å². The van der Waals surface area contributed by atoms with Crippen molar-refractivity contribution in [1.82, 2.24) is 23.6 Å². The van der Waals surface area contributed by atoms with Gasteiger partial charge in [0.1, 0.15) is 10.3 Å². The first-order valence-electron chi connectivity index (χ1n) is 12.5. The first kappa shape index (κ1) is 30.1. The Hall–Kier alpha value is -3.87. The molecule has 0 spiro atoms. The highest BCUT2D eigenvalue weighted by Gasteiger charge is 2.41. The molecule has 2 aromatic carbocycles. The standard InChI is InChI=1S/C27H27Cl2N7O4S/c1-27(2,3)34(24(37)21-10-7-11-22(28)16-21)35(25(38)20-8-5-4-6-9-20)41-33-15-14-32(26(33)31-36(39)40)18-19-12-13-23(29)30-17-19/h4-13,16-17H,14-15,18H2,1-3H3/b31-26-. The van der Waals surface area contributed by atoms with Gasteiger partial charge in [0.25, 0.3) is 17.8 Å². The van der Waals surface area contributed by atoms with Crippen LogP contribution in [0.15, 0.2) is 78.0 Å². The molecule has 0 radical (unpaired) electrons. The van der Waals surface area contributed by atoms with Crippen LogP contribution in [-0.4, -0.2) is 65.0 Å². The lowest BCUT2D eigenvalue weighted by Crippen LogP contribution is -2.56. The van der Waals surface area contributed by atoms with Crippen molar-refractivity contribution in [3.63, 3.8) is 0 Å². The molecule has 3 aromatic rings. The summed E-state index contributed by atoms with van der Waals surface area (Å²) in [6, 6.07) is 18.3. The van der Waals surface area contributed by atoms with Gasteiger partial charge in [0, 0.05) is 35.4 Å². The van der Waals surface area contributed by atoms with Crippen LogP contribution in [0.25, 0.3) is 0 Å². The molecular formula is C27H27Cl2N7O4S. The van der Waals surface area contributed by atoms with Gasteiger partial charge in [0.05, 0.1) is 24.2 Å². The van der Waals surface area contributed by atoms with E-state index < -0.39 is 22.4 Å². The number of guanidine groups is 1. The van der Waals surface area contributed by atoms with Gasteiger partial charge in [-0.2, -0.15) is 4.41 Å². The van der Waals surface area contributed by atoms with Crippen molar-refractivity contribution < 1.29 is 14.6 Å². The van der Waals surface area contributed by atoms with Crippen LogP contribution in [0.1, 0.15) is 47.1 Å². The molecule has 2 amide bonds. The Bertz CT molecular complexity index is 1450. The number of nitrogens with zero attached hydrogens (tertiary/aromatic N) is 7. The summed E-state index contributed by atoms with van der Waals surface area (Å²) >= 11 is 12.9. The Balaban J connectivity index is 1.74. The molecule has 214 valence electrons. The predicted octanol–water partition coefficient (Wildman–Crippen LogP) is 5.62. The highest BCUT2D eigenvalue weighted by atomic mass is 35.5. The molecule has 2 heterocycles. The minimum atomic E-state index is -0.897. The number of carbonyl (C=O) groups is 2. The van der Waals surface area contributed by atoms with E-state index in [1.54, 1.807) is 92.5 Å². The van der Waals surface area contributed by atoms with Gasteiger partial charge in [0.15, 0.2) is 5.03 Å². The molecule has 11 nitrogen and oxygen atoms in total. The molecule has 1 aliphatic rings. The Labute approximate surface area is 251 Å². The summed E-state index contributed by atoms with van der Waals surface area (Å²) in [6.07, 6.45) is 1.58. The zero-order chi connectivity index (χ0) is 29.7. The second-order valence-corrected chi connectivity index (χ2v) is 11.7. The van der Waals surface area contributed by atoms with Crippen LogP contribution in [0.5, 0.6) is 0 Å². The monoisotopic (exact) mass is 615 g/mol. The van der Waals surface area contributed by atoms with Gasteiger partial charge in [0.2, 0.25) is 0 Å². The van der Waals surface area contributed by atoms with Crippen molar-refractivity contribution in [2.75, 3.05) is 13.1 Å². The summed E-state index contributed by atoms with van der Waals surface area (Å²) < 4.78 is 2.75. The Morgan fingerprint density at radius 1 is 1.02 bits per heavy atom. The number of carbonyl (C=O) groups excluding carboxylic acids is 2. The van der Waals surface area contributed by atoms with Crippen LogP contribution in [0.2, 0.25) is 10.2 Å². The summed E-state index contributed by atoms with van der Waals surface area (Å²) in [7, 11) is 0. The minimum absolute atomic E-state index is 0.0184. The maximum absolute atomic E-state index is 14.0.